The Morgan fingerprint density at radius 2 is 1.81 bits per heavy atom. The molecule has 5 heteroatoms. The van der Waals surface area contributed by atoms with Crippen molar-refractivity contribution in [3.63, 3.8) is 0 Å². The molecule has 1 atom stereocenters. The first-order chi connectivity index (χ1) is 12.8. The lowest BCUT2D eigenvalue weighted by molar-refractivity contribution is 0.0526. The normalized spacial score (nSPS) is 11.6. The second-order valence-electron chi connectivity index (χ2n) is 6.67. The Kier molecular flexibility index (Phi) is 7.36. The quantitative estimate of drug-likeness (QED) is 0.528. The van der Waals surface area contributed by atoms with Gasteiger partial charge in [0.25, 0.3) is 0 Å². The fourth-order valence-corrected chi connectivity index (χ4v) is 3.33. The molecule has 0 radical (unpaired) electrons. The first-order valence-electron chi connectivity index (χ1n) is 9.28. The third-order valence-corrected chi connectivity index (χ3v) is 4.72. The van der Waals surface area contributed by atoms with Crippen molar-refractivity contribution < 1.29 is 9.53 Å². The number of esters is 1. The molecular weight excluding hydrogens is 356 g/mol. The van der Waals surface area contributed by atoms with Crippen molar-refractivity contribution in [2.45, 2.75) is 47.1 Å². The Balaban J connectivity index is 2.09. The highest BCUT2D eigenvalue weighted by Gasteiger charge is 2.14. The van der Waals surface area contributed by atoms with E-state index in [4.69, 9.17) is 17.0 Å². The van der Waals surface area contributed by atoms with Crippen LogP contribution in [0.1, 0.15) is 58.9 Å². The van der Waals surface area contributed by atoms with Crippen molar-refractivity contribution in [1.82, 2.24) is 5.32 Å². The Morgan fingerprint density at radius 3 is 2.41 bits per heavy atom. The highest BCUT2D eigenvalue weighted by molar-refractivity contribution is 7.80. The Morgan fingerprint density at radius 1 is 1.07 bits per heavy atom. The van der Waals surface area contributed by atoms with Gasteiger partial charge in [-0.1, -0.05) is 30.7 Å². The van der Waals surface area contributed by atoms with Crippen LogP contribution in [0.4, 0.5) is 5.69 Å². The molecule has 27 heavy (non-hydrogen) atoms. The van der Waals surface area contributed by atoms with Crippen molar-refractivity contribution >= 4 is 29.0 Å². The third-order valence-electron chi connectivity index (χ3n) is 4.50. The molecule has 0 unspecified atom stereocenters. The number of carbonyl (C=O) groups excluding carboxylic acids is 1. The van der Waals surface area contributed by atoms with Gasteiger partial charge in [-0.2, -0.15) is 0 Å². The smallest absolute Gasteiger partial charge is 0.338 e. The van der Waals surface area contributed by atoms with Crippen molar-refractivity contribution in [3.05, 3.63) is 64.2 Å². The van der Waals surface area contributed by atoms with Crippen LogP contribution in [0.25, 0.3) is 0 Å². The van der Waals surface area contributed by atoms with Crippen LogP contribution in [0.15, 0.2) is 36.4 Å². The number of thiocarbonyl (C=S) groups is 1. The summed E-state index contributed by atoms with van der Waals surface area (Å²) in [6.45, 7) is 10.5. The summed E-state index contributed by atoms with van der Waals surface area (Å²) in [7, 11) is 0. The fourth-order valence-electron chi connectivity index (χ4n) is 3.08. The number of nitrogens with one attached hydrogen (secondary N) is 2. The van der Waals surface area contributed by atoms with Gasteiger partial charge in [0, 0.05) is 5.69 Å². The van der Waals surface area contributed by atoms with Crippen LogP contribution in [0.2, 0.25) is 0 Å². The van der Waals surface area contributed by atoms with E-state index >= 15 is 0 Å². The van der Waals surface area contributed by atoms with Gasteiger partial charge in [-0.3, -0.25) is 0 Å². The first kappa shape index (κ1) is 20.9. The molecule has 0 bridgehead atoms. The number of hydrogen-bond acceptors (Lipinski definition) is 3. The summed E-state index contributed by atoms with van der Waals surface area (Å²) >= 11 is 5.52. The molecule has 0 fully saturated rings. The molecule has 0 saturated heterocycles. The van der Waals surface area contributed by atoms with Crippen molar-refractivity contribution in [1.29, 1.82) is 0 Å². The zero-order valence-corrected chi connectivity index (χ0v) is 17.5. The maximum absolute atomic E-state index is 11.8. The van der Waals surface area contributed by atoms with Gasteiger partial charge >= 0.3 is 5.97 Å². The van der Waals surface area contributed by atoms with E-state index < -0.39 is 0 Å². The number of rotatable bonds is 6. The van der Waals surface area contributed by atoms with Gasteiger partial charge in [-0.05, 0) is 81.2 Å². The molecule has 0 aliphatic rings. The number of ether oxygens (including phenoxy) is 1. The first-order valence-corrected chi connectivity index (χ1v) is 9.69. The van der Waals surface area contributed by atoms with Crippen molar-refractivity contribution in [3.8, 4) is 0 Å². The zero-order valence-electron chi connectivity index (χ0n) is 16.7. The molecule has 0 spiro atoms. The average molecular weight is 385 g/mol. The molecule has 0 aliphatic carbocycles. The minimum atomic E-state index is -0.311. The molecule has 2 rings (SSSR count). The SMILES string of the molecule is CCOC(=O)c1ccc(NC(=S)N[C@H](CC)c2ccc(C)cc2C)c(C)c1. The highest BCUT2D eigenvalue weighted by Crippen LogP contribution is 2.22. The molecule has 2 N–H and O–H groups in total. The van der Waals surface area contributed by atoms with Gasteiger partial charge in [0.2, 0.25) is 0 Å². The summed E-state index contributed by atoms with van der Waals surface area (Å²) in [6, 6.07) is 12.0. The predicted molar refractivity (Wildman–Crippen MR) is 115 cm³/mol. The summed E-state index contributed by atoms with van der Waals surface area (Å²) in [6.07, 6.45) is 0.923. The van der Waals surface area contributed by atoms with Crippen LogP contribution in [0.5, 0.6) is 0 Å². The van der Waals surface area contributed by atoms with Crippen LogP contribution in [-0.4, -0.2) is 17.7 Å². The number of hydrogen-bond donors (Lipinski definition) is 2. The lowest BCUT2D eigenvalue weighted by atomic mass is 9.98. The topological polar surface area (TPSA) is 50.4 Å². The predicted octanol–water partition coefficient (Wildman–Crippen LogP) is 5.23. The average Bonchev–Trinajstić information content (AvgIpc) is 2.62. The van der Waals surface area contributed by atoms with Crippen LogP contribution in [-0.2, 0) is 4.74 Å². The van der Waals surface area contributed by atoms with E-state index in [0.717, 1.165) is 17.7 Å². The second-order valence-corrected chi connectivity index (χ2v) is 7.08. The Bertz CT molecular complexity index is 833. The Hall–Kier alpha value is -2.40. The maximum Gasteiger partial charge on any atom is 0.338 e. The minimum absolute atomic E-state index is 0.143. The van der Waals surface area contributed by atoms with E-state index in [0.29, 0.717) is 17.3 Å². The zero-order chi connectivity index (χ0) is 20.0. The monoisotopic (exact) mass is 384 g/mol. The highest BCUT2D eigenvalue weighted by atomic mass is 32.1. The van der Waals surface area contributed by atoms with Crippen molar-refractivity contribution in [2.24, 2.45) is 0 Å². The molecule has 0 amide bonds. The van der Waals surface area contributed by atoms with Gasteiger partial charge in [0.1, 0.15) is 0 Å². The number of aryl methyl sites for hydroxylation is 3. The van der Waals surface area contributed by atoms with Gasteiger partial charge in [-0.25, -0.2) is 4.79 Å². The van der Waals surface area contributed by atoms with Gasteiger partial charge < -0.3 is 15.4 Å². The summed E-state index contributed by atoms with van der Waals surface area (Å²) in [4.78, 5) is 11.8. The molecule has 144 valence electrons. The number of carbonyl (C=O) groups is 1. The maximum atomic E-state index is 11.8. The number of anilines is 1. The lowest BCUT2D eigenvalue weighted by Crippen LogP contribution is -2.32. The molecular formula is C22H28N2O2S. The number of benzene rings is 2. The molecule has 0 aliphatic heterocycles. The van der Waals surface area contributed by atoms with Gasteiger partial charge in [0.15, 0.2) is 5.11 Å². The van der Waals surface area contributed by atoms with Gasteiger partial charge in [0.05, 0.1) is 18.2 Å². The van der Waals surface area contributed by atoms with E-state index in [1.807, 2.05) is 19.1 Å². The molecule has 2 aromatic rings. The standard InChI is InChI=1S/C22H28N2O2S/c1-6-19(18-10-8-14(3)12-15(18)4)23-22(27)24-20-11-9-17(13-16(20)5)21(25)26-7-2/h8-13,19H,6-7H2,1-5H3,(H2,23,24,27)/t19-/m1/s1. The largest absolute Gasteiger partial charge is 0.462 e. The van der Waals surface area contributed by atoms with Crippen LogP contribution in [0.3, 0.4) is 0 Å². The molecule has 0 heterocycles. The van der Waals surface area contributed by atoms with E-state index in [2.05, 4.69) is 49.6 Å². The summed E-state index contributed by atoms with van der Waals surface area (Å²) in [5.41, 5.74) is 6.11. The van der Waals surface area contributed by atoms with E-state index in [-0.39, 0.29) is 12.0 Å². The van der Waals surface area contributed by atoms with Crippen molar-refractivity contribution in [2.75, 3.05) is 11.9 Å². The minimum Gasteiger partial charge on any atom is -0.462 e. The summed E-state index contributed by atoms with van der Waals surface area (Å²) in [5, 5.41) is 7.21. The molecule has 4 nitrogen and oxygen atoms in total. The summed E-state index contributed by atoms with van der Waals surface area (Å²) in [5.74, 6) is -0.311. The van der Waals surface area contributed by atoms with Crippen LogP contribution < -0.4 is 10.6 Å². The van der Waals surface area contributed by atoms with E-state index in [1.165, 1.54) is 16.7 Å². The van der Waals surface area contributed by atoms with E-state index in [1.54, 1.807) is 13.0 Å². The Labute approximate surface area is 167 Å². The van der Waals surface area contributed by atoms with Crippen LogP contribution >= 0.6 is 12.2 Å². The second kappa shape index (κ2) is 9.51. The van der Waals surface area contributed by atoms with Gasteiger partial charge in [-0.15, -0.1) is 0 Å². The molecule has 0 saturated carbocycles. The molecule has 2 aromatic carbocycles. The summed E-state index contributed by atoms with van der Waals surface area (Å²) < 4.78 is 5.04. The lowest BCUT2D eigenvalue weighted by Gasteiger charge is -2.22. The van der Waals surface area contributed by atoms with E-state index in [9.17, 15) is 4.79 Å². The third kappa shape index (κ3) is 5.54. The molecule has 0 aromatic heterocycles. The van der Waals surface area contributed by atoms with Crippen LogP contribution in [0, 0.1) is 20.8 Å². The fraction of sp³-hybridized carbons (Fsp3) is 0.364.